The first kappa shape index (κ1) is 14.1. The molecule has 106 valence electrons. The first-order chi connectivity index (χ1) is 9.17. The highest BCUT2D eigenvalue weighted by Gasteiger charge is 2.27. The molecular weight excluding hydrogens is 242 g/mol. The Morgan fingerprint density at radius 2 is 2.37 bits per heavy atom. The summed E-state index contributed by atoms with van der Waals surface area (Å²) in [5, 5.41) is 13.4. The van der Waals surface area contributed by atoms with Crippen LogP contribution in [0.25, 0.3) is 0 Å². The Morgan fingerprint density at radius 3 is 3.00 bits per heavy atom. The summed E-state index contributed by atoms with van der Waals surface area (Å²) in [6, 6.07) is 0. The standard InChI is InChI=1S/C14H23N3O2/c1-2-11-14-10(6-8-15)4-3-5-12(14)17(16-11)9-7-13(18)19/h10H,2-9,15H2,1H3,(H,18,19). The van der Waals surface area contributed by atoms with E-state index in [-0.39, 0.29) is 6.42 Å². The molecule has 1 heterocycles. The van der Waals surface area contributed by atoms with Crippen LogP contribution in [0.4, 0.5) is 0 Å². The molecule has 3 N–H and O–H groups in total. The van der Waals surface area contributed by atoms with Gasteiger partial charge >= 0.3 is 5.97 Å². The molecule has 0 amide bonds. The molecule has 1 aliphatic rings. The van der Waals surface area contributed by atoms with Gasteiger partial charge < -0.3 is 10.8 Å². The van der Waals surface area contributed by atoms with E-state index in [1.54, 1.807) is 0 Å². The molecule has 0 saturated carbocycles. The Labute approximate surface area is 113 Å². The lowest BCUT2D eigenvalue weighted by molar-refractivity contribution is -0.137. The fraction of sp³-hybridized carbons (Fsp3) is 0.714. The minimum atomic E-state index is -0.767. The first-order valence-electron chi connectivity index (χ1n) is 7.17. The molecule has 1 atom stereocenters. The highest BCUT2D eigenvalue weighted by molar-refractivity contribution is 5.66. The Kier molecular flexibility index (Phi) is 4.58. The monoisotopic (exact) mass is 265 g/mol. The Morgan fingerprint density at radius 1 is 1.58 bits per heavy atom. The van der Waals surface area contributed by atoms with Gasteiger partial charge in [-0.1, -0.05) is 6.92 Å². The summed E-state index contributed by atoms with van der Waals surface area (Å²) in [5.74, 6) is -0.251. The lowest BCUT2D eigenvalue weighted by Gasteiger charge is -2.23. The number of aryl methyl sites for hydroxylation is 2. The third-order valence-corrected chi connectivity index (χ3v) is 3.94. The topological polar surface area (TPSA) is 81.1 Å². The molecule has 1 unspecified atom stereocenters. The molecular formula is C14H23N3O2. The lowest BCUT2D eigenvalue weighted by atomic mass is 9.82. The largest absolute Gasteiger partial charge is 0.481 e. The first-order valence-corrected chi connectivity index (χ1v) is 7.17. The average Bonchev–Trinajstić information content (AvgIpc) is 2.76. The van der Waals surface area contributed by atoms with Crippen LogP contribution in [0.15, 0.2) is 0 Å². The molecule has 0 radical (unpaired) electrons. The SMILES string of the molecule is CCc1nn(CCC(=O)O)c2c1C(CCN)CCC2. The Hall–Kier alpha value is -1.36. The van der Waals surface area contributed by atoms with Crippen molar-refractivity contribution < 1.29 is 9.90 Å². The maximum absolute atomic E-state index is 10.7. The summed E-state index contributed by atoms with van der Waals surface area (Å²) in [4.78, 5) is 10.7. The van der Waals surface area contributed by atoms with Crippen molar-refractivity contribution in [2.75, 3.05) is 6.54 Å². The number of carbonyl (C=O) groups is 1. The molecule has 0 spiro atoms. The van der Waals surface area contributed by atoms with E-state index in [0.29, 0.717) is 19.0 Å². The lowest BCUT2D eigenvalue weighted by Crippen LogP contribution is -2.16. The molecule has 1 aromatic heterocycles. The molecule has 1 aliphatic carbocycles. The van der Waals surface area contributed by atoms with Crippen molar-refractivity contribution in [1.82, 2.24) is 9.78 Å². The van der Waals surface area contributed by atoms with E-state index in [0.717, 1.165) is 31.4 Å². The number of hydrogen-bond acceptors (Lipinski definition) is 3. The van der Waals surface area contributed by atoms with Gasteiger partial charge in [-0.05, 0) is 50.1 Å². The van der Waals surface area contributed by atoms with Crippen LogP contribution in [-0.2, 0) is 24.2 Å². The van der Waals surface area contributed by atoms with E-state index in [2.05, 4.69) is 12.0 Å². The maximum atomic E-state index is 10.7. The fourth-order valence-electron chi connectivity index (χ4n) is 3.10. The van der Waals surface area contributed by atoms with Crippen molar-refractivity contribution in [3.8, 4) is 0 Å². The van der Waals surface area contributed by atoms with Crippen molar-refractivity contribution in [3.63, 3.8) is 0 Å². The molecule has 2 rings (SSSR count). The van der Waals surface area contributed by atoms with Crippen LogP contribution in [0.5, 0.6) is 0 Å². The van der Waals surface area contributed by atoms with Gasteiger partial charge in [0, 0.05) is 5.69 Å². The molecule has 0 fully saturated rings. The van der Waals surface area contributed by atoms with Gasteiger partial charge in [-0.25, -0.2) is 0 Å². The molecule has 0 bridgehead atoms. The third kappa shape index (κ3) is 2.97. The number of fused-ring (bicyclic) bond motifs is 1. The minimum absolute atomic E-state index is 0.138. The average molecular weight is 265 g/mol. The Bertz CT molecular complexity index is 454. The molecule has 5 nitrogen and oxygen atoms in total. The van der Waals surface area contributed by atoms with Crippen molar-refractivity contribution in [2.45, 2.75) is 57.9 Å². The second-order valence-electron chi connectivity index (χ2n) is 5.19. The highest BCUT2D eigenvalue weighted by Crippen LogP contribution is 2.36. The molecule has 0 saturated heterocycles. The zero-order valence-electron chi connectivity index (χ0n) is 11.6. The predicted molar refractivity (Wildman–Crippen MR) is 73.2 cm³/mol. The van der Waals surface area contributed by atoms with E-state index >= 15 is 0 Å². The van der Waals surface area contributed by atoms with Crippen LogP contribution >= 0.6 is 0 Å². The van der Waals surface area contributed by atoms with E-state index in [1.807, 2.05) is 4.68 Å². The third-order valence-electron chi connectivity index (χ3n) is 3.94. The van der Waals surface area contributed by atoms with Crippen LogP contribution in [0.3, 0.4) is 0 Å². The van der Waals surface area contributed by atoms with Crippen molar-refractivity contribution in [2.24, 2.45) is 5.73 Å². The van der Waals surface area contributed by atoms with Crippen LogP contribution in [-0.4, -0.2) is 27.4 Å². The van der Waals surface area contributed by atoms with Crippen LogP contribution in [0.1, 0.15) is 55.5 Å². The number of rotatable bonds is 6. The smallest absolute Gasteiger partial charge is 0.305 e. The highest BCUT2D eigenvalue weighted by atomic mass is 16.4. The van der Waals surface area contributed by atoms with Gasteiger partial charge in [0.1, 0.15) is 0 Å². The molecule has 1 aromatic rings. The summed E-state index contributed by atoms with van der Waals surface area (Å²) >= 11 is 0. The van der Waals surface area contributed by atoms with Gasteiger partial charge in [0.2, 0.25) is 0 Å². The number of carboxylic acids is 1. The zero-order valence-corrected chi connectivity index (χ0v) is 11.6. The van der Waals surface area contributed by atoms with Gasteiger partial charge in [-0.15, -0.1) is 0 Å². The van der Waals surface area contributed by atoms with E-state index in [1.165, 1.54) is 17.7 Å². The normalized spacial score (nSPS) is 18.3. The maximum Gasteiger partial charge on any atom is 0.305 e. The zero-order chi connectivity index (χ0) is 13.8. The fourth-order valence-corrected chi connectivity index (χ4v) is 3.10. The minimum Gasteiger partial charge on any atom is -0.481 e. The summed E-state index contributed by atoms with van der Waals surface area (Å²) in [7, 11) is 0. The summed E-state index contributed by atoms with van der Waals surface area (Å²) in [6.45, 7) is 3.29. The van der Waals surface area contributed by atoms with Crippen molar-refractivity contribution in [1.29, 1.82) is 0 Å². The number of aromatic nitrogens is 2. The van der Waals surface area contributed by atoms with E-state index in [4.69, 9.17) is 10.8 Å². The van der Waals surface area contributed by atoms with Crippen molar-refractivity contribution >= 4 is 5.97 Å². The van der Waals surface area contributed by atoms with Gasteiger partial charge in [0.05, 0.1) is 18.7 Å². The number of nitrogens with two attached hydrogens (primary N) is 1. The molecule has 19 heavy (non-hydrogen) atoms. The van der Waals surface area contributed by atoms with Gasteiger partial charge in [0.25, 0.3) is 0 Å². The number of aliphatic carboxylic acids is 1. The second kappa shape index (κ2) is 6.19. The summed E-state index contributed by atoms with van der Waals surface area (Å²) in [6.07, 6.45) is 5.40. The number of carboxylic acid groups (broad SMARTS) is 1. The quantitative estimate of drug-likeness (QED) is 0.820. The van der Waals surface area contributed by atoms with Crippen LogP contribution < -0.4 is 5.73 Å². The van der Waals surface area contributed by atoms with E-state index < -0.39 is 5.97 Å². The number of nitrogens with zero attached hydrogens (tertiary/aromatic N) is 2. The predicted octanol–water partition coefficient (Wildman–Crippen LogP) is 1.69. The van der Waals surface area contributed by atoms with Gasteiger partial charge in [-0.2, -0.15) is 5.10 Å². The van der Waals surface area contributed by atoms with Crippen LogP contribution in [0, 0.1) is 0 Å². The van der Waals surface area contributed by atoms with Crippen molar-refractivity contribution in [3.05, 3.63) is 17.0 Å². The molecule has 5 heteroatoms. The second-order valence-corrected chi connectivity index (χ2v) is 5.19. The van der Waals surface area contributed by atoms with Gasteiger partial charge in [0.15, 0.2) is 0 Å². The summed E-state index contributed by atoms with van der Waals surface area (Å²) < 4.78 is 1.92. The number of hydrogen-bond donors (Lipinski definition) is 2. The molecule has 0 aromatic carbocycles. The van der Waals surface area contributed by atoms with Crippen LogP contribution in [0.2, 0.25) is 0 Å². The Balaban J connectivity index is 2.29. The van der Waals surface area contributed by atoms with E-state index in [9.17, 15) is 4.79 Å². The molecule has 0 aliphatic heterocycles. The summed E-state index contributed by atoms with van der Waals surface area (Å²) in [5.41, 5.74) is 9.46. The van der Waals surface area contributed by atoms with Gasteiger partial charge in [-0.3, -0.25) is 9.48 Å².